The summed E-state index contributed by atoms with van der Waals surface area (Å²) in [6.45, 7) is 5.61. The fourth-order valence-corrected chi connectivity index (χ4v) is 3.68. The number of allylic oxidation sites excluding steroid dienone is 1. The van der Waals surface area contributed by atoms with Crippen LogP contribution < -0.4 is 11.1 Å². The van der Waals surface area contributed by atoms with Crippen molar-refractivity contribution in [3.63, 3.8) is 0 Å². The van der Waals surface area contributed by atoms with Gasteiger partial charge in [-0.25, -0.2) is 9.69 Å². The van der Waals surface area contributed by atoms with Gasteiger partial charge in [0.2, 0.25) is 0 Å². The van der Waals surface area contributed by atoms with Crippen LogP contribution in [0.1, 0.15) is 75.0 Å². The number of nitrogens with one attached hydrogen (secondary N) is 1. The first-order chi connectivity index (χ1) is 14.1. The molecule has 3 N–H and O–H groups in total. The van der Waals surface area contributed by atoms with Crippen molar-refractivity contribution in [3.05, 3.63) is 45.4 Å². The molecule has 1 aliphatic carbocycles. The van der Waals surface area contributed by atoms with E-state index >= 15 is 0 Å². The summed E-state index contributed by atoms with van der Waals surface area (Å²) in [4.78, 5) is 26.0. The average Bonchev–Trinajstić information content (AvgIpc) is 2.67. The Morgan fingerprint density at radius 1 is 1.33 bits per heavy atom. The fourth-order valence-electron chi connectivity index (χ4n) is 3.17. The molecule has 0 heterocycles. The number of benzene rings is 1. The highest BCUT2D eigenvalue weighted by Crippen LogP contribution is 2.23. The van der Waals surface area contributed by atoms with Gasteiger partial charge < -0.3 is 15.8 Å². The number of hydrogen-bond donors (Lipinski definition) is 2. The minimum absolute atomic E-state index is 0.319. The number of ether oxygens (including phenoxy) is 1. The van der Waals surface area contributed by atoms with Crippen LogP contribution in [0.2, 0.25) is 0 Å². The maximum atomic E-state index is 12.9. The molecule has 0 fully saturated rings. The van der Waals surface area contributed by atoms with Gasteiger partial charge in [0.1, 0.15) is 11.8 Å². The molecule has 8 heteroatoms. The van der Waals surface area contributed by atoms with Crippen molar-refractivity contribution in [3.8, 4) is 6.19 Å². The number of amides is 2. The average molecular weight is 477 g/mol. The topological polar surface area (TPSA) is 108 Å². The van der Waals surface area contributed by atoms with Crippen LogP contribution in [0.4, 0.5) is 4.79 Å². The predicted molar refractivity (Wildman–Crippen MR) is 118 cm³/mol. The zero-order valence-electron chi connectivity index (χ0n) is 17.7. The van der Waals surface area contributed by atoms with Crippen LogP contribution in [-0.4, -0.2) is 29.0 Å². The summed E-state index contributed by atoms with van der Waals surface area (Å²) < 4.78 is 5.84. The van der Waals surface area contributed by atoms with E-state index in [0.29, 0.717) is 28.6 Å². The van der Waals surface area contributed by atoms with E-state index in [1.165, 1.54) is 12.0 Å². The summed E-state index contributed by atoms with van der Waals surface area (Å²) in [5.74, 6) is -0.402. The second-order valence-electron chi connectivity index (χ2n) is 8.31. The Morgan fingerprint density at radius 3 is 2.67 bits per heavy atom. The lowest BCUT2D eigenvalue weighted by molar-refractivity contribution is 0.0505. The van der Waals surface area contributed by atoms with E-state index in [1.54, 1.807) is 39.0 Å². The number of alkyl carbamates (subject to hydrolysis) is 1. The van der Waals surface area contributed by atoms with Crippen LogP contribution in [0, 0.1) is 11.5 Å². The first-order valence-corrected chi connectivity index (χ1v) is 10.8. The summed E-state index contributed by atoms with van der Waals surface area (Å²) in [6, 6.07) is 4.93. The molecule has 1 aliphatic rings. The van der Waals surface area contributed by atoms with Crippen LogP contribution in [-0.2, 0) is 4.74 Å². The molecule has 0 bridgehead atoms. The fraction of sp³-hybridized carbons (Fsp3) is 0.500. The Balaban J connectivity index is 2.10. The van der Waals surface area contributed by atoms with Gasteiger partial charge in [-0.05, 0) is 76.6 Å². The Morgan fingerprint density at radius 2 is 2.07 bits per heavy atom. The maximum Gasteiger partial charge on any atom is 0.409 e. The Hall–Kier alpha value is -2.37. The van der Waals surface area contributed by atoms with E-state index in [9.17, 15) is 14.9 Å². The third-order valence-electron chi connectivity index (χ3n) is 4.61. The molecule has 1 atom stereocenters. The molecular weight excluding hydrogens is 448 g/mol. The summed E-state index contributed by atoms with van der Waals surface area (Å²) >= 11 is 3.37. The largest absolute Gasteiger partial charge is 0.444 e. The highest BCUT2D eigenvalue weighted by Gasteiger charge is 2.21. The van der Waals surface area contributed by atoms with Crippen molar-refractivity contribution in [1.29, 1.82) is 5.26 Å². The van der Waals surface area contributed by atoms with Crippen molar-refractivity contribution >= 4 is 27.9 Å². The SMILES string of the molecule is CC(C)(C)OC(=O)NC(N)c1cc(Br)cc(C(=O)N(C#N)CCC2=CCCCC2)c1. The van der Waals surface area contributed by atoms with Gasteiger partial charge in [-0.2, -0.15) is 5.26 Å². The van der Waals surface area contributed by atoms with Gasteiger partial charge in [0.05, 0.1) is 0 Å². The van der Waals surface area contributed by atoms with Gasteiger partial charge in [-0.1, -0.05) is 27.6 Å². The van der Waals surface area contributed by atoms with Crippen LogP contribution in [0.5, 0.6) is 0 Å². The third-order valence-corrected chi connectivity index (χ3v) is 5.06. The van der Waals surface area contributed by atoms with Gasteiger partial charge in [-0.15, -0.1) is 0 Å². The third kappa shape index (κ3) is 7.47. The lowest BCUT2D eigenvalue weighted by atomic mass is 9.97. The molecule has 1 aromatic carbocycles. The predicted octanol–water partition coefficient (Wildman–Crippen LogP) is 4.74. The molecule has 0 saturated carbocycles. The molecular formula is C22H29BrN4O3. The summed E-state index contributed by atoms with van der Waals surface area (Å²) in [5.41, 5.74) is 7.58. The zero-order valence-corrected chi connectivity index (χ0v) is 19.3. The van der Waals surface area contributed by atoms with E-state index in [4.69, 9.17) is 10.5 Å². The normalized spacial score (nSPS) is 14.9. The first kappa shape index (κ1) is 23.9. The summed E-state index contributed by atoms with van der Waals surface area (Å²) in [7, 11) is 0. The number of carbonyl (C=O) groups excluding carboxylic acids is 2. The van der Waals surface area contributed by atoms with E-state index < -0.39 is 23.8 Å². The molecule has 0 spiro atoms. The highest BCUT2D eigenvalue weighted by molar-refractivity contribution is 9.10. The molecule has 0 saturated heterocycles. The number of halogens is 1. The van der Waals surface area contributed by atoms with Crippen molar-refractivity contribution in [1.82, 2.24) is 10.2 Å². The van der Waals surface area contributed by atoms with E-state index in [1.807, 2.05) is 6.19 Å². The molecule has 30 heavy (non-hydrogen) atoms. The second-order valence-corrected chi connectivity index (χ2v) is 9.23. The molecule has 1 unspecified atom stereocenters. The molecule has 2 rings (SSSR count). The number of nitrogens with zero attached hydrogens (tertiary/aromatic N) is 2. The van der Waals surface area contributed by atoms with Gasteiger partial charge in [-0.3, -0.25) is 4.79 Å². The smallest absolute Gasteiger partial charge is 0.409 e. The molecule has 2 amide bonds. The second kappa shape index (κ2) is 10.6. The molecule has 0 radical (unpaired) electrons. The van der Waals surface area contributed by atoms with Crippen molar-refractivity contribution in [2.45, 2.75) is 64.6 Å². The van der Waals surface area contributed by atoms with Crippen LogP contribution >= 0.6 is 15.9 Å². The molecule has 0 aromatic heterocycles. The standard InChI is InChI=1S/C22H29BrN4O3/c1-22(2,3)30-21(29)26-19(25)16-11-17(13-18(23)12-16)20(28)27(14-24)10-9-15-7-5-4-6-8-15/h7,11-13,19H,4-6,8-10,25H2,1-3H3,(H,26,29). The molecule has 0 aliphatic heterocycles. The van der Waals surface area contributed by atoms with Crippen LogP contribution in [0.3, 0.4) is 0 Å². The number of carbonyl (C=O) groups is 2. The van der Waals surface area contributed by atoms with Crippen molar-refractivity contribution < 1.29 is 14.3 Å². The molecule has 1 aromatic rings. The summed E-state index contributed by atoms with van der Waals surface area (Å²) in [6.07, 6.45) is 7.82. The van der Waals surface area contributed by atoms with Gasteiger partial charge in [0, 0.05) is 16.6 Å². The lowest BCUT2D eigenvalue weighted by Crippen LogP contribution is -2.38. The van der Waals surface area contributed by atoms with Gasteiger partial charge in [0.25, 0.3) is 5.91 Å². The Bertz CT molecular complexity index is 855. The lowest BCUT2D eigenvalue weighted by Gasteiger charge is -2.22. The number of nitriles is 1. The van der Waals surface area contributed by atoms with Crippen molar-refractivity contribution in [2.24, 2.45) is 5.73 Å². The van der Waals surface area contributed by atoms with Crippen molar-refractivity contribution in [2.75, 3.05) is 6.54 Å². The van der Waals surface area contributed by atoms with Crippen LogP contribution in [0.25, 0.3) is 0 Å². The number of hydrogen-bond acceptors (Lipinski definition) is 5. The molecule has 162 valence electrons. The number of rotatable bonds is 6. The monoisotopic (exact) mass is 476 g/mol. The minimum atomic E-state index is -0.869. The first-order valence-electron chi connectivity index (χ1n) is 10.0. The maximum absolute atomic E-state index is 12.9. The van der Waals surface area contributed by atoms with Gasteiger partial charge >= 0.3 is 6.09 Å². The number of nitrogens with two attached hydrogens (primary N) is 1. The van der Waals surface area contributed by atoms with Crippen LogP contribution in [0.15, 0.2) is 34.3 Å². The summed E-state index contributed by atoms with van der Waals surface area (Å²) in [5, 5.41) is 12.0. The Labute approximate surface area is 186 Å². The van der Waals surface area contributed by atoms with E-state index in [0.717, 1.165) is 24.2 Å². The zero-order chi connectivity index (χ0) is 22.3. The molecule has 7 nitrogen and oxygen atoms in total. The quantitative estimate of drug-likeness (QED) is 0.266. The minimum Gasteiger partial charge on any atom is -0.444 e. The highest BCUT2D eigenvalue weighted by atomic mass is 79.9. The van der Waals surface area contributed by atoms with E-state index in [-0.39, 0.29) is 0 Å². The van der Waals surface area contributed by atoms with E-state index in [2.05, 4.69) is 27.3 Å². The van der Waals surface area contributed by atoms with Gasteiger partial charge in [0.15, 0.2) is 6.19 Å². The Kier molecular flexibility index (Phi) is 8.44.